The summed E-state index contributed by atoms with van der Waals surface area (Å²) in [6.07, 6.45) is 11.6. The fourth-order valence-corrected chi connectivity index (χ4v) is 3.61. The van der Waals surface area contributed by atoms with Crippen LogP contribution in [0.5, 0.6) is 0 Å². The van der Waals surface area contributed by atoms with E-state index >= 15 is 0 Å². The molecule has 1 aromatic carbocycles. The van der Waals surface area contributed by atoms with Gasteiger partial charge in [-0.15, -0.1) is 11.3 Å². The highest BCUT2D eigenvalue weighted by molar-refractivity contribution is 7.99. The predicted molar refractivity (Wildman–Crippen MR) is 91.4 cm³/mol. The van der Waals surface area contributed by atoms with Crippen molar-refractivity contribution in [3.63, 3.8) is 0 Å². The summed E-state index contributed by atoms with van der Waals surface area (Å²) < 4.78 is 4.56. The summed E-state index contributed by atoms with van der Waals surface area (Å²) in [4.78, 5) is 4.75. The molecule has 1 N–H and O–H groups in total. The fourth-order valence-electron chi connectivity index (χ4n) is 2.17. The molecule has 1 heterocycles. The molecule has 0 saturated heterocycles. The van der Waals surface area contributed by atoms with E-state index in [-0.39, 0.29) is 0 Å². The molecule has 0 amide bonds. The van der Waals surface area contributed by atoms with Gasteiger partial charge in [0.25, 0.3) is 0 Å². The number of aromatic nitrogens is 1. The second kappa shape index (κ2) is 5.85. The van der Waals surface area contributed by atoms with Gasteiger partial charge in [0.05, 0.1) is 9.88 Å². The molecule has 0 spiro atoms. The van der Waals surface area contributed by atoms with Crippen molar-refractivity contribution in [2.24, 2.45) is 0 Å². The van der Waals surface area contributed by atoms with E-state index in [1.54, 1.807) is 23.3 Å². The number of benzene rings is 1. The Labute approximate surface area is 127 Å². The number of fused-ring (bicyclic) bond motifs is 1. The van der Waals surface area contributed by atoms with Crippen LogP contribution < -0.4 is 14.6 Å². The molecule has 0 unspecified atom stereocenters. The molecule has 20 heavy (non-hydrogen) atoms. The van der Waals surface area contributed by atoms with Crippen molar-refractivity contribution >= 4 is 41.1 Å². The Hall–Kier alpha value is -1.52. The van der Waals surface area contributed by atoms with Crippen LogP contribution in [0, 0.1) is 6.92 Å². The molecule has 1 aromatic heterocycles. The second-order valence-electron chi connectivity index (χ2n) is 4.64. The van der Waals surface area contributed by atoms with Crippen molar-refractivity contribution < 1.29 is 0 Å². The van der Waals surface area contributed by atoms with Crippen LogP contribution in [0.25, 0.3) is 22.7 Å². The summed E-state index contributed by atoms with van der Waals surface area (Å²) in [7, 11) is 0. The zero-order chi connectivity index (χ0) is 13.9. The van der Waals surface area contributed by atoms with E-state index in [1.165, 1.54) is 21.3 Å². The maximum Gasteiger partial charge on any atom is 0.124 e. The van der Waals surface area contributed by atoms with Gasteiger partial charge in [-0.2, -0.15) is 0 Å². The molecule has 0 radical (unpaired) electrons. The van der Waals surface area contributed by atoms with Crippen molar-refractivity contribution in [3.05, 3.63) is 45.8 Å². The molecule has 0 aliphatic heterocycles. The van der Waals surface area contributed by atoms with Gasteiger partial charge in [0.15, 0.2) is 0 Å². The van der Waals surface area contributed by atoms with Crippen molar-refractivity contribution in [2.75, 3.05) is 11.0 Å². The second-order valence-corrected chi connectivity index (χ2v) is 6.28. The van der Waals surface area contributed by atoms with E-state index in [2.05, 4.69) is 54.1 Å². The van der Waals surface area contributed by atoms with Crippen LogP contribution in [0.2, 0.25) is 0 Å². The Morgan fingerprint density at radius 2 is 2.25 bits per heavy atom. The summed E-state index contributed by atoms with van der Waals surface area (Å²) in [6, 6.07) is 6.47. The third kappa shape index (κ3) is 2.67. The monoisotopic (exact) mass is 300 g/mol. The fraction of sp³-hybridized carbons (Fsp3) is 0.188. The largest absolute Gasteiger partial charge is 0.330 e. The number of allylic oxidation sites excluding steroid dienone is 2. The van der Waals surface area contributed by atoms with Gasteiger partial charge in [0.1, 0.15) is 5.01 Å². The molecule has 0 fully saturated rings. The summed E-state index contributed by atoms with van der Waals surface area (Å²) in [6.45, 7) is 2.13. The first-order valence-corrected chi connectivity index (χ1v) is 8.56. The Balaban J connectivity index is 2.04. The molecule has 1 aliphatic carbocycles. The number of hydrogen-bond donors (Lipinski definition) is 1. The van der Waals surface area contributed by atoms with E-state index < -0.39 is 0 Å². The van der Waals surface area contributed by atoms with Crippen molar-refractivity contribution in [3.8, 4) is 10.6 Å². The number of hydrogen-bond acceptors (Lipinski definition) is 4. The van der Waals surface area contributed by atoms with E-state index in [0.717, 1.165) is 16.8 Å². The summed E-state index contributed by atoms with van der Waals surface area (Å²) in [5.74, 6) is 0. The third-order valence-corrected chi connectivity index (χ3v) is 4.74. The standard InChI is InChI=1S/C16H16N2S2/c1-11-10-12(8-9-13(11)18-19-2)16-17-14-6-4-3-5-7-15(14)20-16/h3-4,6-10,18H,5H2,1-2H3. The van der Waals surface area contributed by atoms with Crippen LogP contribution in [0.3, 0.4) is 0 Å². The van der Waals surface area contributed by atoms with Crippen LogP contribution in [0.15, 0.2) is 30.4 Å². The average Bonchev–Trinajstić information content (AvgIpc) is 2.72. The minimum Gasteiger partial charge on any atom is -0.330 e. The smallest absolute Gasteiger partial charge is 0.124 e. The minimum absolute atomic E-state index is 0.987. The zero-order valence-corrected chi connectivity index (χ0v) is 13.1. The van der Waals surface area contributed by atoms with Crippen LogP contribution in [0.1, 0.15) is 12.0 Å². The van der Waals surface area contributed by atoms with Gasteiger partial charge in [-0.1, -0.05) is 30.2 Å². The molecular weight excluding hydrogens is 284 g/mol. The molecule has 0 saturated carbocycles. The van der Waals surface area contributed by atoms with Crippen LogP contribution >= 0.6 is 23.3 Å². The molecule has 3 rings (SSSR count). The molecule has 2 nitrogen and oxygen atoms in total. The highest BCUT2D eigenvalue weighted by atomic mass is 32.2. The first kappa shape index (κ1) is 13.5. The number of aryl methyl sites for hydroxylation is 1. The van der Waals surface area contributed by atoms with Gasteiger partial charge in [-0.05, 0) is 43.2 Å². The maximum absolute atomic E-state index is 4.75. The van der Waals surface area contributed by atoms with Gasteiger partial charge < -0.3 is 4.72 Å². The number of nitrogens with zero attached hydrogens (tertiary/aromatic N) is 1. The van der Waals surface area contributed by atoms with E-state index in [1.807, 2.05) is 6.26 Å². The average molecular weight is 300 g/mol. The SMILES string of the molecule is CSNc1ccc(-c2nc3c(s2)=CCC=CC=3)cc1C. The Morgan fingerprint density at radius 3 is 3.05 bits per heavy atom. The van der Waals surface area contributed by atoms with Crippen LogP contribution in [0.4, 0.5) is 5.69 Å². The lowest BCUT2D eigenvalue weighted by molar-refractivity contribution is 1.31. The Kier molecular flexibility index (Phi) is 3.94. The van der Waals surface area contributed by atoms with Gasteiger partial charge >= 0.3 is 0 Å². The highest BCUT2D eigenvalue weighted by Crippen LogP contribution is 2.25. The molecular formula is C16H16N2S2. The molecule has 0 bridgehead atoms. The van der Waals surface area contributed by atoms with E-state index in [9.17, 15) is 0 Å². The molecule has 1 aliphatic rings. The summed E-state index contributed by atoms with van der Waals surface area (Å²) in [5.41, 5.74) is 3.61. The zero-order valence-electron chi connectivity index (χ0n) is 11.5. The lowest BCUT2D eigenvalue weighted by atomic mass is 10.1. The highest BCUT2D eigenvalue weighted by Gasteiger charge is 2.06. The van der Waals surface area contributed by atoms with Gasteiger partial charge in [-0.25, -0.2) is 4.98 Å². The quantitative estimate of drug-likeness (QED) is 0.880. The van der Waals surface area contributed by atoms with Gasteiger partial charge in [0.2, 0.25) is 0 Å². The normalized spacial score (nSPS) is 13.1. The van der Waals surface area contributed by atoms with E-state index in [0.29, 0.717) is 0 Å². The van der Waals surface area contributed by atoms with Crippen LogP contribution in [-0.2, 0) is 0 Å². The first-order chi connectivity index (χ1) is 9.78. The maximum atomic E-state index is 4.75. The minimum atomic E-state index is 0.987. The van der Waals surface area contributed by atoms with Crippen molar-refractivity contribution in [2.45, 2.75) is 13.3 Å². The Bertz CT molecular complexity index is 772. The number of thiazole rings is 1. The van der Waals surface area contributed by atoms with E-state index in [4.69, 9.17) is 4.98 Å². The molecule has 0 atom stereocenters. The number of nitrogens with one attached hydrogen (secondary N) is 1. The van der Waals surface area contributed by atoms with Gasteiger partial charge in [0, 0.05) is 17.5 Å². The molecule has 2 aromatic rings. The molecule has 4 heteroatoms. The summed E-state index contributed by atoms with van der Waals surface area (Å²) in [5, 5.41) is 2.18. The topological polar surface area (TPSA) is 24.9 Å². The summed E-state index contributed by atoms with van der Waals surface area (Å²) >= 11 is 3.38. The van der Waals surface area contributed by atoms with Gasteiger partial charge in [-0.3, -0.25) is 0 Å². The predicted octanol–water partition coefficient (Wildman–Crippen LogP) is 3.33. The number of rotatable bonds is 3. The third-order valence-electron chi connectivity index (χ3n) is 3.20. The van der Waals surface area contributed by atoms with Crippen LogP contribution in [-0.4, -0.2) is 11.2 Å². The lowest BCUT2D eigenvalue weighted by Crippen LogP contribution is -2.19. The lowest BCUT2D eigenvalue weighted by Gasteiger charge is -2.07. The molecule has 102 valence electrons. The van der Waals surface area contributed by atoms with Crippen molar-refractivity contribution in [1.82, 2.24) is 4.98 Å². The Morgan fingerprint density at radius 1 is 1.35 bits per heavy atom. The first-order valence-electron chi connectivity index (χ1n) is 6.52. The number of anilines is 1. The van der Waals surface area contributed by atoms with Crippen molar-refractivity contribution in [1.29, 1.82) is 0 Å².